The molecule has 0 spiro atoms. The fraction of sp³-hybridized carbons (Fsp3) is 0.576. The Morgan fingerprint density at radius 3 is 2.07 bits per heavy atom. The molecule has 3 heterocycles. The van der Waals surface area contributed by atoms with Crippen molar-refractivity contribution in [2.75, 3.05) is 64.4 Å². The summed E-state index contributed by atoms with van der Waals surface area (Å²) in [4.78, 5) is 32.6. The Bertz CT molecular complexity index is 1380. The maximum atomic E-state index is 17.2. The molecule has 12 heteroatoms. The van der Waals surface area contributed by atoms with Crippen molar-refractivity contribution in [3.05, 3.63) is 59.2 Å². The predicted molar refractivity (Wildman–Crippen MR) is 164 cm³/mol. The van der Waals surface area contributed by atoms with E-state index in [0.717, 1.165) is 17.2 Å². The molecule has 0 unspecified atom stereocenters. The highest BCUT2D eigenvalue weighted by molar-refractivity contribution is 5.87. The molecular formula is C33H43F4N5O3. The molecule has 0 aromatic heterocycles. The highest BCUT2D eigenvalue weighted by Crippen LogP contribution is 2.45. The van der Waals surface area contributed by atoms with E-state index in [1.54, 1.807) is 24.1 Å². The minimum Gasteiger partial charge on any atom is -0.497 e. The number of carbonyl (C=O) groups excluding carboxylic acids is 2. The molecule has 3 saturated heterocycles. The van der Waals surface area contributed by atoms with Gasteiger partial charge in [-0.15, -0.1) is 0 Å². The van der Waals surface area contributed by atoms with Gasteiger partial charge in [0.05, 0.1) is 12.7 Å². The number of benzene rings is 2. The molecule has 3 amide bonds. The van der Waals surface area contributed by atoms with Gasteiger partial charge in [0.2, 0.25) is 5.67 Å². The summed E-state index contributed by atoms with van der Waals surface area (Å²) in [5.74, 6) is -0.653. The number of piperidine rings is 1. The van der Waals surface area contributed by atoms with E-state index in [0.29, 0.717) is 70.1 Å². The second-order valence-electron chi connectivity index (χ2n) is 13.4. The number of anilines is 1. The Balaban J connectivity index is 1.35. The highest BCUT2D eigenvalue weighted by Gasteiger charge is 2.57. The lowest BCUT2D eigenvalue weighted by molar-refractivity contribution is -0.145. The van der Waals surface area contributed by atoms with E-state index in [2.05, 4.69) is 0 Å². The third-order valence-corrected chi connectivity index (χ3v) is 9.71. The largest absolute Gasteiger partial charge is 0.497 e. The van der Waals surface area contributed by atoms with Crippen molar-refractivity contribution >= 4 is 17.6 Å². The number of nitrogens with zero attached hydrogens (tertiary/aromatic N) is 4. The summed E-state index contributed by atoms with van der Waals surface area (Å²) < 4.78 is 63.6. The van der Waals surface area contributed by atoms with Gasteiger partial charge in [-0.05, 0) is 74.9 Å². The van der Waals surface area contributed by atoms with Gasteiger partial charge in [0.15, 0.2) is 0 Å². The third kappa shape index (κ3) is 6.71. The number of hydrogen-bond donors (Lipinski definition) is 1. The monoisotopic (exact) mass is 633 g/mol. The van der Waals surface area contributed by atoms with Gasteiger partial charge in [0, 0.05) is 69.5 Å². The standard InChI is InChI=1S/C33H43F4N5O3/c1-31(2,3)42-20-27(23-5-8-25(45-4)9-6-23)32(34,21-42)29(43)40-13-11-22(12-14-40)26-10-7-24(33(35,36)37)19-28(26)39-15-17-41(18-16-39)30(38)44/h5-10,19,22,27H,11-18,20-21H2,1-4H3,(H2,38,44)/t27-,32-/m0/s1. The molecule has 3 aliphatic rings. The third-order valence-electron chi connectivity index (χ3n) is 9.71. The van der Waals surface area contributed by atoms with E-state index >= 15 is 4.39 Å². The number of methoxy groups -OCH3 is 1. The zero-order chi connectivity index (χ0) is 32.7. The van der Waals surface area contributed by atoms with Gasteiger partial charge in [-0.3, -0.25) is 9.69 Å². The van der Waals surface area contributed by atoms with Crippen molar-refractivity contribution in [1.82, 2.24) is 14.7 Å². The van der Waals surface area contributed by atoms with Gasteiger partial charge in [-0.1, -0.05) is 18.2 Å². The summed E-state index contributed by atoms with van der Waals surface area (Å²) in [5, 5.41) is 0. The quantitative estimate of drug-likeness (QED) is 0.457. The van der Waals surface area contributed by atoms with Gasteiger partial charge < -0.3 is 25.2 Å². The van der Waals surface area contributed by atoms with Crippen LogP contribution in [-0.4, -0.2) is 97.3 Å². The lowest BCUT2D eigenvalue weighted by atomic mass is 9.83. The van der Waals surface area contributed by atoms with Crippen LogP contribution in [0.5, 0.6) is 5.75 Å². The fourth-order valence-electron chi connectivity index (χ4n) is 6.91. The number of primary amides is 1. The van der Waals surface area contributed by atoms with Crippen LogP contribution in [0.1, 0.15) is 62.1 Å². The zero-order valence-electron chi connectivity index (χ0n) is 26.4. The fourth-order valence-corrected chi connectivity index (χ4v) is 6.91. The van der Waals surface area contributed by atoms with Crippen LogP contribution in [0, 0.1) is 0 Å². The summed E-state index contributed by atoms with van der Waals surface area (Å²) in [6.07, 6.45) is -3.51. The Kier molecular flexibility index (Phi) is 9.00. The smallest absolute Gasteiger partial charge is 0.416 e. The molecule has 3 aliphatic heterocycles. The van der Waals surface area contributed by atoms with Gasteiger partial charge in [0.1, 0.15) is 5.75 Å². The van der Waals surface area contributed by atoms with Crippen LogP contribution in [-0.2, 0) is 11.0 Å². The molecule has 2 atom stereocenters. The van der Waals surface area contributed by atoms with E-state index in [9.17, 15) is 22.8 Å². The number of ether oxygens (including phenoxy) is 1. The number of rotatable bonds is 5. The van der Waals surface area contributed by atoms with E-state index in [4.69, 9.17) is 10.5 Å². The lowest BCUT2D eigenvalue weighted by Crippen LogP contribution is -2.53. The normalized spacial score (nSPS) is 23.8. The molecule has 8 nitrogen and oxygen atoms in total. The summed E-state index contributed by atoms with van der Waals surface area (Å²) in [5.41, 5.74) is 4.19. The molecule has 0 bridgehead atoms. The number of amides is 3. The summed E-state index contributed by atoms with van der Waals surface area (Å²) in [6, 6.07) is 10.5. The Labute approximate surface area is 262 Å². The van der Waals surface area contributed by atoms with Crippen LogP contribution in [0.25, 0.3) is 0 Å². The number of urea groups is 1. The number of nitrogens with two attached hydrogens (primary N) is 1. The molecule has 0 aliphatic carbocycles. The molecule has 246 valence electrons. The van der Waals surface area contributed by atoms with Crippen molar-refractivity contribution in [2.24, 2.45) is 5.73 Å². The molecule has 2 N–H and O–H groups in total. The Morgan fingerprint density at radius 1 is 0.911 bits per heavy atom. The van der Waals surface area contributed by atoms with Crippen molar-refractivity contribution < 1.29 is 31.9 Å². The zero-order valence-corrected chi connectivity index (χ0v) is 26.4. The van der Waals surface area contributed by atoms with E-state index in [-0.39, 0.29) is 18.0 Å². The number of likely N-dealkylation sites (tertiary alicyclic amines) is 2. The second-order valence-corrected chi connectivity index (χ2v) is 13.4. The minimum absolute atomic E-state index is 0.0215. The number of carbonyl (C=O) groups is 2. The van der Waals surface area contributed by atoms with Gasteiger partial charge in [-0.25, -0.2) is 9.18 Å². The van der Waals surface area contributed by atoms with Crippen LogP contribution in [0.2, 0.25) is 0 Å². The average Bonchev–Trinajstić information content (AvgIpc) is 3.39. The summed E-state index contributed by atoms with van der Waals surface area (Å²) >= 11 is 0. The van der Waals surface area contributed by atoms with Gasteiger partial charge in [0.25, 0.3) is 5.91 Å². The van der Waals surface area contributed by atoms with Crippen molar-refractivity contribution in [3.8, 4) is 5.75 Å². The summed E-state index contributed by atoms with van der Waals surface area (Å²) in [6.45, 7) is 8.35. The maximum absolute atomic E-state index is 17.2. The molecule has 0 saturated carbocycles. The number of hydrogen-bond acceptors (Lipinski definition) is 5. The Hall–Kier alpha value is -3.54. The molecule has 2 aromatic rings. The summed E-state index contributed by atoms with van der Waals surface area (Å²) in [7, 11) is 1.57. The van der Waals surface area contributed by atoms with Crippen LogP contribution < -0.4 is 15.4 Å². The lowest BCUT2D eigenvalue weighted by Gasteiger charge is -2.40. The van der Waals surface area contributed by atoms with Crippen molar-refractivity contribution in [1.29, 1.82) is 0 Å². The van der Waals surface area contributed by atoms with Gasteiger partial charge >= 0.3 is 12.2 Å². The maximum Gasteiger partial charge on any atom is 0.416 e. The van der Waals surface area contributed by atoms with Crippen LogP contribution >= 0.6 is 0 Å². The van der Waals surface area contributed by atoms with Crippen molar-refractivity contribution in [2.45, 2.75) is 62.8 Å². The minimum atomic E-state index is -4.50. The SMILES string of the molecule is COc1ccc([C@@H]2CN(C(C)(C)C)C[C@@]2(F)C(=O)N2CCC(c3ccc(C(F)(F)F)cc3N3CCN(C(N)=O)CC3)CC2)cc1. The Morgan fingerprint density at radius 2 is 1.53 bits per heavy atom. The van der Waals surface area contributed by atoms with Crippen LogP contribution in [0.3, 0.4) is 0 Å². The molecule has 2 aromatic carbocycles. The molecule has 5 rings (SSSR count). The van der Waals surface area contributed by atoms with Crippen LogP contribution in [0.15, 0.2) is 42.5 Å². The van der Waals surface area contributed by atoms with E-state index in [1.165, 1.54) is 17.0 Å². The van der Waals surface area contributed by atoms with Gasteiger partial charge in [-0.2, -0.15) is 13.2 Å². The first-order valence-electron chi connectivity index (χ1n) is 15.5. The molecular weight excluding hydrogens is 590 g/mol. The predicted octanol–water partition coefficient (Wildman–Crippen LogP) is 5.23. The first-order chi connectivity index (χ1) is 21.1. The number of halogens is 4. The molecule has 45 heavy (non-hydrogen) atoms. The second kappa shape index (κ2) is 12.3. The van der Waals surface area contributed by atoms with E-state index < -0.39 is 35.3 Å². The van der Waals surface area contributed by atoms with Crippen LogP contribution in [0.4, 0.5) is 28.0 Å². The number of alkyl halides is 4. The molecule has 3 fully saturated rings. The first kappa shape index (κ1) is 32.8. The first-order valence-corrected chi connectivity index (χ1v) is 15.5. The molecule has 0 radical (unpaired) electrons. The van der Waals surface area contributed by atoms with Crippen molar-refractivity contribution in [3.63, 3.8) is 0 Å². The number of piperazine rings is 1. The van der Waals surface area contributed by atoms with E-state index in [1.807, 2.05) is 42.7 Å². The highest BCUT2D eigenvalue weighted by atomic mass is 19.4. The average molecular weight is 634 g/mol. The topological polar surface area (TPSA) is 82.3 Å².